The van der Waals surface area contributed by atoms with Crippen molar-refractivity contribution in [2.24, 2.45) is 0 Å². The minimum Gasteiger partial charge on any atom is -0.357 e. The van der Waals surface area contributed by atoms with Gasteiger partial charge in [0.15, 0.2) is 0 Å². The lowest BCUT2D eigenvalue weighted by atomic mass is 9.81. The number of nitrogens with zero attached hydrogens (tertiary/aromatic N) is 1. The lowest BCUT2D eigenvalue weighted by Crippen LogP contribution is -2.59. The van der Waals surface area contributed by atoms with Crippen molar-refractivity contribution in [1.82, 2.24) is 15.6 Å². The van der Waals surface area contributed by atoms with Crippen molar-refractivity contribution in [3.8, 4) is 0 Å². The van der Waals surface area contributed by atoms with Gasteiger partial charge in [-0.3, -0.25) is 14.6 Å². The summed E-state index contributed by atoms with van der Waals surface area (Å²) in [5.74, 6) is 0.994. The van der Waals surface area contributed by atoms with Gasteiger partial charge in [-0.15, -0.1) is 11.8 Å². The number of amides is 2. The predicted molar refractivity (Wildman–Crippen MR) is 88.4 cm³/mol. The molecule has 2 N–H and O–H groups in total. The van der Waals surface area contributed by atoms with E-state index in [0.29, 0.717) is 5.75 Å². The van der Waals surface area contributed by atoms with Crippen LogP contribution in [0.25, 0.3) is 0 Å². The highest BCUT2D eigenvalue weighted by molar-refractivity contribution is 7.99. The van der Waals surface area contributed by atoms with E-state index in [1.54, 1.807) is 31.2 Å². The van der Waals surface area contributed by atoms with Gasteiger partial charge < -0.3 is 10.6 Å². The van der Waals surface area contributed by atoms with Crippen molar-refractivity contribution >= 4 is 23.6 Å². The number of likely N-dealkylation sites (N-methyl/N-ethyl adjacent to an activating group) is 1. The van der Waals surface area contributed by atoms with E-state index in [1.807, 2.05) is 12.1 Å². The minimum atomic E-state index is -0.707. The van der Waals surface area contributed by atoms with Gasteiger partial charge in [0.05, 0.1) is 5.75 Å². The average molecular weight is 321 g/mol. The third kappa shape index (κ3) is 4.47. The Bertz CT molecular complexity index is 501. The Balaban J connectivity index is 1.84. The Hall–Kier alpha value is -1.56. The molecule has 2 rings (SSSR count). The molecule has 1 fully saturated rings. The molecule has 22 heavy (non-hydrogen) atoms. The van der Waals surface area contributed by atoms with E-state index in [4.69, 9.17) is 0 Å². The van der Waals surface area contributed by atoms with Gasteiger partial charge in [0.25, 0.3) is 0 Å². The topological polar surface area (TPSA) is 71.1 Å². The highest BCUT2D eigenvalue weighted by Gasteiger charge is 2.39. The van der Waals surface area contributed by atoms with Crippen LogP contribution in [0, 0.1) is 0 Å². The first-order valence-electron chi connectivity index (χ1n) is 7.66. The smallest absolute Gasteiger partial charge is 0.245 e. The fraction of sp³-hybridized carbons (Fsp3) is 0.562. The van der Waals surface area contributed by atoms with E-state index in [1.165, 1.54) is 0 Å². The second-order valence-electron chi connectivity index (χ2n) is 5.62. The first-order valence-corrected chi connectivity index (χ1v) is 8.81. The summed E-state index contributed by atoms with van der Waals surface area (Å²) < 4.78 is 0. The fourth-order valence-corrected chi connectivity index (χ4v) is 3.63. The molecule has 1 aromatic rings. The van der Waals surface area contributed by atoms with Crippen LogP contribution in [-0.2, 0) is 15.3 Å². The number of rotatable bonds is 6. The summed E-state index contributed by atoms with van der Waals surface area (Å²) in [5.41, 5.74) is 0.438. The molecule has 1 heterocycles. The molecule has 120 valence electrons. The van der Waals surface area contributed by atoms with Crippen LogP contribution in [0.4, 0.5) is 0 Å². The summed E-state index contributed by atoms with van der Waals surface area (Å²) in [6.45, 7) is 0. The summed E-state index contributed by atoms with van der Waals surface area (Å²) in [5, 5.41) is 5.68. The zero-order valence-electron chi connectivity index (χ0n) is 12.9. The quantitative estimate of drug-likeness (QED) is 0.839. The maximum Gasteiger partial charge on any atom is 0.245 e. The van der Waals surface area contributed by atoms with Crippen LogP contribution in [0.1, 0.15) is 37.7 Å². The number of hydrogen-bond acceptors (Lipinski definition) is 4. The van der Waals surface area contributed by atoms with Crippen LogP contribution in [0.3, 0.4) is 0 Å². The maximum atomic E-state index is 12.2. The number of thioether (sulfide) groups is 1. The molecular formula is C16H23N3O2S. The molecule has 0 spiro atoms. The Morgan fingerprint density at radius 2 is 1.91 bits per heavy atom. The van der Waals surface area contributed by atoms with Crippen LogP contribution >= 0.6 is 11.8 Å². The number of hydrogen-bond donors (Lipinski definition) is 2. The fourth-order valence-electron chi connectivity index (χ4n) is 2.85. The van der Waals surface area contributed by atoms with Crippen LogP contribution < -0.4 is 10.6 Å². The maximum absolute atomic E-state index is 12.2. The van der Waals surface area contributed by atoms with Crippen LogP contribution in [0.5, 0.6) is 0 Å². The van der Waals surface area contributed by atoms with E-state index in [-0.39, 0.29) is 11.8 Å². The summed E-state index contributed by atoms with van der Waals surface area (Å²) in [4.78, 5) is 28.4. The van der Waals surface area contributed by atoms with Gasteiger partial charge in [-0.05, 0) is 30.5 Å². The van der Waals surface area contributed by atoms with Gasteiger partial charge in [0, 0.05) is 25.2 Å². The highest BCUT2D eigenvalue weighted by Crippen LogP contribution is 2.28. The zero-order chi connectivity index (χ0) is 15.8. The van der Waals surface area contributed by atoms with Crippen LogP contribution in [0.15, 0.2) is 24.5 Å². The number of carbonyl (C=O) groups is 2. The van der Waals surface area contributed by atoms with E-state index in [0.717, 1.165) is 43.4 Å². The van der Waals surface area contributed by atoms with Crippen molar-refractivity contribution in [2.45, 2.75) is 43.4 Å². The third-order valence-electron chi connectivity index (χ3n) is 4.00. The van der Waals surface area contributed by atoms with Gasteiger partial charge in [-0.1, -0.05) is 19.3 Å². The highest BCUT2D eigenvalue weighted by atomic mass is 32.2. The first kappa shape index (κ1) is 16.8. The van der Waals surface area contributed by atoms with Crippen molar-refractivity contribution in [1.29, 1.82) is 0 Å². The van der Waals surface area contributed by atoms with Crippen molar-refractivity contribution < 1.29 is 9.59 Å². The molecule has 1 aromatic heterocycles. The molecule has 0 aliphatic heterocycles. The molecule has 1 aliphatic carbocycles. The predicted octanol–water partition coefficient (Wildman–Crippen LogP) is 1.88. The van der Waals surface area contributed by atoms with E-state index < -0.39 is 5.54 Å². The molecule has 0 saturated heterocycles. The van der Waals surface area contributed by atoms with E-state index in [2.05, 4.69) is 15.6 Å². The molecule has 0 radical (unpaired) electrons. The van der Waals surface area contributed by atoms with Gasteiger partial charge in [0.2, 0.25) is 11.8 Å². The molecule has 0 bridgehead atoms. The standard InChI is InChI=1S/C16H23N3O2S/c1-17-15(21)16(7-3-2-4-8-16)19-14(20)12-22-11-13-5-9-18-10-6-13/h5-6,9-10H,2-4,7-8,11-12H2,1H3,(H,17,21)(H,19,20). The second-order valence-corrected chi connectivity index (χ2v) is 6.60. The normalized spacial score (nSPS) is 16.8. The van der Waals surface area contributed by atoms with Crippen LogP contribution in [-0.4, -0.2) is 35.1 Å². The summed E-state index contributed by atoms with van der Waals surface area (Å²) in [7, 11) is 1.63. The molecule has 1 aliphatic rings. The SMILES string of the molecule is CNC(=O)C1(NC(=O)CSCc2ccncc2)CCCCC1. The van der Waals surface area contributed by atoms with Crippen molar-refractivity contribution in [2.75, 3.05) is 12.8 Å². The number of aromatic nitrogens is 1. The summed E-state index contributed by atoms with van der Waals surface area (Å²) in [6.07, 6.45) is 8.05. The number of pyridine rings is 1. The van der Waals surface area contributed by atoms with Gasteiger partial charge >= 0.3 is 0 Å². The minimum absolute atomic E-state index is 0.0652. The van der Waals surface area contributed by atoms with Gasteiger partial charge in [0.1, 0.15) is 5.54 Å². The Morgan fingerprint density at radius 1 is 1.23 bits per heavy atom. The zero-order valence-corrected chi connectivity index (χ0v) is 13.7. The van der Waals surface area contributed by atoms with Crippen molar-refractivity contribution in [3.63, 3.8) is 0 Å². The molecule has 0 atom stereocenters. The summed E-state index contributed by atoms with van der Waals surface area (Å²) >= 11 is 1.55. The molecule has 1 saturated carbocycles. The molecule has 5 nitrogen and oxygen atoms in total. The van der Waals surface area contributed by atoms with Crippen molar-refractivity contribution in [3.05, 3.63) is 30.1 Å². The molecule has 2 amide bonds. The Morgan fingerprint density at radius 3 is 2.55 bits per heavy atom. The second kappa shape index (κ2) is 8.17. The molecular weight excluding hydrogens is 298 g/mol. The first-order chi connectivity index (χ1) is 10.7. The molecule has 6 heteroatoms. The van der Waals surface area contributed by atoms with E-state index in [9.17, 15) is 9.59 Å². The number of carbonyl (C=O) groups excluding carboxylic acids is 2. The van der Waals surface area contributed by atoms with Gasteiger partial charge in [-0.25, -0.2) is 0 Å². The lowest BCUT2D eigenvalue weighted by Gasteiger charge is -2.36. The summed E-state index contributed by atoms with van der Waals surface area (Å²) in [6, 6.07) is 3.89. The lowest BCUT2D eigenvalue weighted by molar-refractivity contribution is -0.133. The monoisotopic (exact) mass is 321 g/mol. The molecule has 0 aromatic carbocycles. The average Bonchev–Trinajstić information content (AvgIpc) is 2.56. The number of nitrogens with one attached hydrogen (secondary N) is 2. The largest absolute Gasteiger partial charge is 0.357 e. The van der Waals surface area contributed by atoms with Gasteiger partial charge in [-0.2, -0.15) is 0 Å². The molecule has 0 unspecified atom stereocenters. The Kier molecular flexibility index (Phi) is 6.24. The Labute approximate surface area is 135 Å². The van der Waals surface area contributed by atoms with E-state index >= 15 is 0 Å². The third-order valence-corrected chi connectivity index (χ3v) is 5.00. The van der Waals surface area contributed by atoms with Crippen LogP contribution in [0.2, 0.25) is 0 Å².